The van der Waals surface area contributed by atoms with Crippen LogP contribution in [0.15, 0.2) is 12.1 Å². The molecule has 2 unspecified atom stereocenters. The fraction of sp³-hybridized carbons (Fsp3) is 0.529. The maximum absolute atomic E-state index is 12.7. The summed E-state index contributed by atoms with van der Waals surface area (Å²) < 4.78 is 43.4. The van der Waals surface area contributed by atoms with E-state index in [4.69, 9.17) is 16.3 Å². The van der Waals surface area contributed by atoms with E-state index in [1.54, 1.807) is 20.8 Å². The molecule has 0 aromatic carbocycles. The highest BCUT2D eigenvalue weighted by Crippen LogP contribution is 2.35. The van der Waals surface area contributed by atoms with Crippen molar-refractivity contribution in [1.29, 1.82) is 0 Å². The number of rotatable bonds is 4. The Morgan fingerprint density at radius 3 is 2.36 bits per heavy atom. The normalized spacial score (nSPS) is 20.5. The molecule has 11 heteroatoms. The summed E-state index contributed by atoms with van der Waals surface area (Å²) >= 11 is 5.54. The zero-order chi connectivity index (χ0) is 21.4. The number of amides is 2. The van der Waals surface area contributed by atoms with E-state index in [1.807, 2.05) is 0 Å². The van der Waals surface area contributed by atoms with E-state index in [-0.39, 0.29) is 12.2 Å². The molecular weight excluding hydrogens is 403 g/mol. The van der Waals surface area contributed by atoms with Crippen LogP contribution in [-0.2, 0) is 25.3 Å². The molecule has 154 valence electrons. The van der Waals surface area contributed by atoms with E-state index >= 15 is 0 Å². The second-order valence-corrected chi connectivity index (χ2v) is 7.70. The molecule has 2 heterocycles. The van der Waals surface area contributed by atoms with Crippen LogP contribution in [0, 0.1) is 11.8 Å². The van der Waals surface area contributed by atoms with Crippen molar-refractivity contribution in [2.75, 3.05) is 5.43 Å². The number of esters is 1. The highest BCUT2D eigenvalue weighted by atomic mass is 35.5. The van der Waals surface area contributed by atoms with E-state index in [1.165, 1.54) is 6.92 Å². The zero-order valence-electron chi connectivity index (χ0n) is 15.6. The monoisotopic (exact) mass is 421 g/mol. The van der Waals surface area contributed by atoms with E-state index in [2.05, 4.69) is 10.4 Å². The molecule has 0 aliphatic carbocycles. The van der Waals surface area contributed by atoms with Gasteiger partial charge in [0.05, 0.1) is 17.9 Å². The molecule has 1 fully saturated rings. The number of anilines is 1. The van der Waals surface area contributed by atoms with Gasteiger partial charge in [0.25, 0.3) is 11.8 Å². The maximum atomic E-state index is 12.7. The Morgan fingerprint density at radius 1 is 1.25 bits per heavy atom. The van der Waals surface area contributed by atoms with Gasteiger partial charge in [-0.15, -0.1) is 0 Å². The van der Waals surface area contributed by atoms with Gasteiger partial charge in [0.15, 0.2) is 0 Å². The Kier molecular flexibility index (Phi) is 5.93. The van der Waals surface area contributed by atoms with E-state index in [0.717, 1.165) is 6.07 Å². The zero-order valence-corrected chi connectivity index (χ0v) is 16.3. The largest absolute Gasteiger partial charge is 0.460 e. The van der Waals surface area contributed by atoms with Gasteiger partial charge in [-0.25, -0.2) is 4.98 Å². The molecule has 2 rings (SSSR count). The number of alkyl halides is 3. The molecule has 0 saturated carbocycles. The van der Waals surface area contributed by atoms with Crippen molar-refractivity contribution in [3.05, 3.63) is 22.8 Å². The van der Waals surface area contributed by atoms with Gasteiger partial charge in [0.1, 0.15) is 16.6 Å². The molecule has 1 aromatic heterocycles. The first kappa shape index (κ1) is 21.9. The Hall–Kier alpha value is -2.36. The minimum absolute atomic E-state index is 0.218. The summed E-state index contributed by atoms with van der Waals surface area (Å²) in [6.07, 6.45) is -4.99. The average molecular weight is 422 g/mol. The van der Waals surface area contributed by atoms with Gasteiger partial charge in [0, 0.05) is 5.92 Å². The van der Waals surface area contributed by atoms with Crippen LogP contribution in [0.5, 0.6) is 0 Å². The van der Waals surface area contributed by atoms with Crippen molar-refractivity contribution < 1.29 is 32.3 Å². The van der Waals surface area contributed by atoms with Gasteiger partial charge in [-0.05, 0) is 32.9 Å². The smallest absolute Gasteiger partial charge is 0.419 e. The number of hydrazine groups is 1. The Balaban J connectivity index is 2.15. The lowest BCUT2D eigenvalue weighted by atomic mass is 9.94. The molecule has 1 aromatic rings. The van der Waals surface area contributed by atoms with Crippen LogP contribution in [-0.4, -0.2) is 33.4 Å². The number of aromatic nitrogens is 1. The summed E-state index contributed by atoms with van der Waals surface area (Å²) in [5, 5.41) is -0.194. The highest BCUT2D eigenvalue weighted by Gasteiger charge is 2.47. The molecule has 1 aliphatic rings. The lowest BCUT2D eigenvalue weighted by molar-refractivity contribution is -0.157. The lowest BCUT2D eigenvalue weighted by Gasteiger charge is -2.21. The summed E-state index contributed by atoms with van der Waals surface area (Å²) in [6, 6.07) is 1.63. The minimum Gasteiger partial charge on any atom is -0.460 e. The fourth-order valence-electron chi connectivity index (χ4n) is 2.62. The highest BCUT2D eigenvalue weighted by molar-refractivity contribution is 6.30. The standard InChI is InChI=1S/C17H19ClF3N3O4/c1-8-9(7-12(25)28-16(2,3)4)15(27)24(14(8)26)23-11-6-5-10(13(18)22-11)17(19,20)21/h5-6,8-9H,7H2,1-4H3,(H,22,23). The summed E-state index contributed by atoms with van der Waals surface area (Å²) in [5.74, 6) is -3.98. The fourth-order valence-corrected chi connectivity index (χ4v) is 2.88. The van der Waals surface area contributed by atoms with Crippen LogP contribution in [0.1, 0.15) is 39.7 Å². The lowest BCUT2D eigenvalue weighted by Crippen LogP contribution is -2.37. The number of ether oxygens (including phenoxy) is 1. The molecule has 1 saturated heterocycles. The van der Waals surface area contributed by atoms with Crippen LogP contribution >= 0.6 is 11.6 Å². The number of nitrogens with one attached hydrogen (secondary N) is 1. The van der Waals surface area contributed by atoms with Crippen LogP contribution in [0.2, 0.25) is 5.15 Å². The average Bonchev–Trinajstić information content (AvgIpc) is 2.70. The molecule has 0 bridgehead atoms. The van der Waals surface area contributed by atoms with Crippen LogP contribution in [0.25, 0.3) is 0 Å². The van der Waals surface area contributed by atoms with Crippen LogP contribution in [0.3, 0.4) is 0 Å². The molecule has 2 atom stereocenters. The Bertz CT molecular complexity index is 808. The number of pyridine rings is 1. The molecule has 28 heavy (non-hydrogen) atoms. The second-order valence-electron chi connectivity index (χ2n) is 7.34. The number of hydrogen-bond donors (Lipinski definition) is 1. The first-order chi connectivity index (χ1) is 12.7. The number of hydrogen-bond acceptors (Lipinski definition) is 6. The van der Waals surface area contributed by atoms with Crippen LogP contribution < -0.4 is 5.43 Å². The quantitative estimate of drug-likeness (QED) is 0.455. The first-order valence-electron chi connectivity index (χ1n) is 8.31. The van der Waals surface area contributed by atoms with Crippen molar-refractivity contribution in [3.8, 4) is 0 Å². The summed E-state index contributed by atoms with van der Waals surface area (Å²) in [7, 11) is 0. The van der Waals surface area contributed by atoms with Gasteiger partial charge >= 0.3 is 12.1 Å². The van der Waals surface area contributed by atoms with E-state index in [0.29, 0.717) is 11.1 Å². The van der Waals surface area contributed by atoms with Crippen molar-refractivity contribution in [3.63, 3.8) is 0 Å². The third kappa shape index (κ3) is 4.92. The van der Waals surface area contributed by atoms with E-state index < -0.39 is 52.1 Å². The van der Waals surface area contributed by atoms with Gasteiger partial charge in [0.2, 0.25) is 0 Å². The predicted octanol–water partition coefficient (Wildman–Crippen LogP) is 3.43. The molecule has 2 amide bonds. The topological polar surface area (TPSA) is 88.6 Å². The first-order valence-corrected chi connectivity index (χ1v) is 8.68. The molecule has 0 radical (unpaired) electrons. The van der Waals surface area contributed by atoms with Crippen molar-refractivity contribution in [2.24, 2.45) is 11.8 Å². The summed E-state index contributed by atoms with van der Waals surface area (Å²) in [6.45, 7) is 6.49. The number of halogens is 4. The van der Waals surface area contributed by atoms with Gasteiger partial charge in [-0.2, -0.15) is 18.2 Å². The number of carbonyl (C=O) groups is 3. The number of carbonyl (C=O) groups excluding carboxylic acids is 3. The molecule has 0 spiro atoms. The predicted molar refractivity (Wildman–Crippen MR) is 92.8 cm³/mol. The third-order valence-electron chi connectivity index (χ3n) is 3.94. The molecule has 1 aliphatic heterocycles. The van der Waals surface area contributed by atoms with Gasteiger partial charge < -0.3 is 4.74 Å². The summed E-state index contributed by atoms with van der Waals surface area (Å²) in [4.78, 5) is 40.4. The summed E-state index contributed by atoms with van der Waals surface area (Å²) in [5.41, 5.74) is 0.472. The van der Waals surface area contributed by atoms with Gasteiger partial charge in [-0.1, -0.05) is 18.5 Å². The van der Waals surface area contributed by atoms with Crippen molar-refractivity contribution in [1.82, 2.24) is 9.99 Å². The maximum Gasteiger partial charge on any atom is 0.419 e. The number of imide groups is 1. The Labute approximate surface area is 164 Å². The minimum atomic E-state index is -4.69. The van der Waals surface area contributed by atoms with Crippen molar-refractivity contribution >= 4 is 35.2 Å². The molecule has 1 N–H and O–H groups in total. The van der Waals surface area contributed by atoms with Crippen molar-refractivity contribution in [2.45, 2.75) is 45.9 Å². The van der Waals surface area contributed by atoms with Gasteiger partial charge in [-0.3, -0.25) is 19.8 Å². The second kappa shape index (κ2) is 7.57. The Morgan fingerprint density at radius 2 is 1.86 bits per heavy atom. The number of nitrogens with zero attached hydrogens (tertiary/aromatic N) is 2. The third-order valence-corrected chi connectivity index (χ3v) is 4.23. The van der Waals surface area contributed by atoms with E-state index in [9.17, 15) is 27.6 Å². The molecular formula is C17H19ClF3N3O4. The van der Waals surface area contributed by atoms with Crippen LogP contribution in [0.4, 0.5) is 19.0 Å². The molecule has 7 nitrogen and oxygen atoms in total. The SMILES string of the molecule is CC1C(=O)N(Nc2ccc(C(F)(F)F)c(Cl)n2)C(=O)C1CC(=O)OC(C)(C)C.